The quantitative estimate of drug-likeness (QED) is 0.859. The largest absolute Gasteiger partial charge is 0.356 e. The average Bonchev–Trinajstić information content (AvgIpc) is 3.16. The first-order valence-corrected chi connectivity index (χ1v) is 9.51. The number of fused-ring (bicyclic) bond motifs is 1. The van der Waals surface area contributed by atoms with Gasteiger partial charge in [0, 0.05) is 44.0 Å². The zero-order valence-electron chi connectivity index (χ0n) is 15.3. The SMILES string of the molecule is C1=CCN(c2nc(N3CCC4(CCNC4)CC3)c3ccncc3n2)C=C1.Cl. The van der Waals surface area contributed by atoms with Crippen LogP contribution in [0.4, 0.5) is 11.8 Å². The Morgan fingerprint density at radius 2 is 1.96 bits per heavy atom. The van der Waals surface area contributed by atoms with E-state index in [1.807, 2.05) is 30.7 Å². The van der Waals surface area contributed by atoms with Gasteiger partial charge in [0.15, 0.2) is 0 Å². The van der Waals surface area contributed by atoms with Crippen molar-refractivity contribution < 1.29 is 0 Å². The number of rotatable bonds is 2. The highest BCUT2D eigenvalue weighted by atomic mass is 35.5. The van der Waals surface area contributed by atoms with Gasteiger partial charge in [-0.1, -0.05) is 12.2 Å². The van der Waals surface area contributed by atoms with Gasteiger partial charge in [-0.3, -0.25) is 4.98 Å². The summed E-state index contributed by atoms with van der Waals surface area (Å²) >= 11 is 0. The van der Waals surface area contributed by atoms with Crippen molar-refractivity contribution in [3.63, 3.8) is 0 Å². The summed E-state index contributed by atoms with van der Waals surface area (Å²) in [7, 11) is 0. The molecule has 3 aliphatic rings. The van der Waals surface area contributed by atoms with Crippen LogP contribution in [0.5, 0.6) is 0 Å². The molecule has 142 valence electrons. The average molecular weight is 385 g/mol. The van der Waals surface area contributed by atoms with Crippen molar-refractivity contribution in [2.45, 2.75) is 19.3 Å². The molecule has 0 bridgehead atoms. The van der Waals surface area contributed by atoms with Crippen LogP contribution in [0, 0.1) is 5.41 Å². The van der Waals surface area contributed by atoms with E-state index < -0.39 is 0 Å². The van der Waals surface area contributed by atoms with Gasteiger partial charge in [0.1, 0.15) is 5.82 Å². The Labute approximate surface area is 165 Å². The molecule has 2 aromatic rings. The second-order valence-electron chi connectivity index (χ2n) is 7.58. The van der Waals surface area contributed by atoms with Crippen LogP contribution >= 0.6 is 12.4 Å². The molecule has 1 spiro atoms. The predicted octanol–water partition coefficient (Wildman–Crippen LogP) is 2.92. The Balaban J connectivity index is 0.00000180. The Kier molecular flexibility index (Phi) is 5.02. The Morgan fingerprint density at radius 3 is 2.70 bits per heavy atom. The van der Waals surface area contributed by atoms with Gasteiger partial charge in [0.25, 0.3) is 0 Å². The summed E-state index contributed by atoms with van der Waals surface area (Å²) in [5.74, 6) is 1.81. The van der Waals surface area contributed by atoms with Gasteiger partial charge in [-0.25, -0.2) is 4.98 Å². The molecule has 0 aromatic carbocycles. The monoisotopic (exact) mass is 384 g/mol. The lowest BCUT2D eigenvalue weighted by Gasteiger charge is -2.39. The number of aromatic nitrogens is 3. The van der Waals surface area contributed by atoms with Gasteiger partial charge in [0.2, 0.25) is 5.95 Å². The highest BCUT2D eigenvalue weighted by Crippen LogP contribution is 2.39. The van der Waals surface area contributed by atoms with Gasteiger partial charge >= 0.3 is 0 Å². The van der Waals surface area contributed by atoms with E-state index in [0.29, 0.717) is 5.41 Å². The Bertz CT molecular complexity index is 864. The van der Waals surface area contributed by atoms with E-state index >= 15 is 0 Å². The minimum absolute atomic E-state index is 0. The van der Waals surface area contributed by atoms with Crippen molar-refractivity contribution in [1.82, 2.24) is 20.3 Å². The van der Waals surface area contributed by atoms with Crippen molar-refractivity contribution in [1.29, 1.82) is 0 Å². The Hall–Kier alpha value is -2.18. The molecule has 3 aliphatic heterocycles. The number of halogens is 1. The number of allylic oxidation sites excluding steroid dienone is 2. The normalized spacial score (nSPS) is 21.0. The van der Waals surface area contributed by atoms with E-state index in [1.165, 1.54) is 32.4 Å². The summed E-state index contributed by atoms with van der Waals surface area (Å²) in [6, 6.07) is 2.04. The number of pyridine rings is 1. The molecule has 2 fully saturated rings. The molecular weight excluding hydrogens is 360 g/mol. The molecule has 0 unspecified atom stereocenters. The fourth-order valence-corrected chi connectivity index (χ4v) is 4.35. The van der Waals surface area contributed by atoms with Gasteiger partial charge in [-0.05, 0) is 43.4 Å². The second-order valence-corrected chi connectivity index (χ2v) is 7.58. The van der Waals surface area contributed by atoms with Crippen LogP contribution < -0.4 is 15.1 Å². The highest BCUT2D eigenvalue weighted by Gasteiger charge is 2.37. The molecule has 27 heavy (non-hydrogen) atoms. The van der Waals surface area contributed by atoms with Crippen LogP contribution in [0.1, 0.15) is 19.3 Å². The molecule has 0 saturated carbocycles. The topological polar surface area (TPSA) is 57.2 Å². The summed E-state index contributed by atoms with van der Waals surface area (Å²) in [6.07, 6.45) is 15.7. The highest BCUT2D eigenvalue weighted by molar-refractivity contribution is 5.90. The third-order valence-electron chi connectivity index (χ3n) is 6.00. The third kappa shape index (κ3) is 3.39. The molecule has 5 heterocycles. The van der Waals surface area contributed by atoms with E-state index in [-0.39, 0.29) is 12.4 Å². The van der Waals surface area contributed by atoms with E-state index in [0.717, 1.165) is 42.3 Å². The maximum Gasteiger partial charge on any atom is 0.232 e. The fraction of sp³-hybridized carbons (Fsp3) is 0.450. The standard InChI is InChI=1S/C20H24N6.ClH/c1-2-10-26(11-3-1)19-23-17-14-21-8-4-16(17)18(24-19)25-12-6-20(7-13-25)5-9-22-15-20;/h1-4,8,10,14,22H,5-7,9,11-13,15H2;1H. The summed E-state index contributed by atoms with van der Waals surface area (Å²) in [5.41, 5.74) is 1.42. The smallest absolute Gasteiger partial charge is 0.232 e. The van der Waals surface area contributed by atoms with Crippen molar-refractivity contribution >= 4 is 35.1 Å². The first-order valence-electron chi connectivity index (χ1n) is 9.51. The molecule has 6 nitrogen and oxygen atoms in total. The van der Waals surface area contributed by atoms with Crippen molar-refractivity contribution in [2.75, 3.05) is 42.5 Å². The minimum atomic E-state index is 0. The van der Waals surface area contributed by atoms with E-state index in [9.17, 15) is 0 Å². The van der Waals surface area contributed by atoms with Gasteiger partial charge in [0.05, 0.1) is 11.7 Å². The third-order valence-corrected chi connectivity index (χ3v) is 6.00. The summed E-state index contributed by atoms with van der Waals surface area (Å²) in [4.78, 5) is 18.5. The molecule has 0 aliphatic carbocycles. The molecule has 5 rings (SSSR count). The molecule has 1 N–H and O–H groups in total. The molecule has 0 amide bonds. The first-order chi connectivity index (χ1) is 12.8. The first kappa shape index (κ1) is 18.2. The van der Waals surface area contributed by atoms with Gasteiger partial charge < -0.3 is 15.1 Å². The maximum atomic E-state index is 4.98. The summed E-state index contributed by atoms with van der Waals surface area (Å²) in [6.45, 7) is 5.26. The van der Waals surface area contributed by atoms with E-state index in [1.54, 1.807) is 0 Å². The van der Waals surface area contributed by atoms with Crippen LogP contribution in [-0.4, -0.2) is 47.7 Å². The molecule has 2 aromatic heterocycles. The molecule has 0 atom stereocenters. The maximum absolute atomic E-state index is 4.98. The number of anilines is 2. The zero-order valence-corrected chi connectivity index (χ0v) is 16.2. The fourth-order valence-electron chi connectivity index (χ4n) is 4.35. The Morgan fingerprint density at radius 1 is 1.07 bits per heavy atom. The number of piperidine rings is 1. The van der Waals surface area contributed by atoms with Crippen LogP contribution in [0.25, 0.3) is 10.9 Å². The van der Waals surface area contributed by atoms with Crippen LogP contribution in [-0.2, 0) is 0 Å². The second kappa shape index (κ2) is 7.44. The number of hydrogen-bond donors (Lipinski definition) is 1. The number of hydrogen-bond acceptors (Lipinski definition) is 6. The van der Waals surface area contributed by atoms with Crippen molar-refractivity contribution in [3.8, 4) is 0 Å². The molecule has 7 heteroatoms. The zero-order chi connectivity index (χ0) is 17.4. The molecular formula is C20H25ClN6. The van der Waals surface area contributed by atoms with Crippen molar-refractivity contribution in [2.24, 2.45) is 5.41 Å². The predicted molar refractivity (Wildman–Crippen MR) is 112 cm³/mol. The summed E-state index contributed by atoms with van der Waals surface area (Å²) < 4.78 is 0. The van der Waals surface area contributed by atoms with Crippen LogP contribution in [0.15, 0.2) is 42.9 Å². The molecule has 2 saturated heterocycles. The lowest BCUT2D eigenvalue weighted by atomic mass is 9.78. The van der Waals surface area contributed by atoms with Gasteiger partial charge in [-0.15, -0.1) is 12.4 Å². The minimum Gasteiger partial charge on any atom is -0.356 e. The van der Waals surface area contributed by atoms with Crippen LogP contribution in [0.2, 0.25) is 0 Å². The van der Waals surface area contributed by atoms with Gasteiger partial charge in [-0.2, -0.15) is 4.98 Å². The molecule has 0 radical (unpaired) electrons. The van der Waals surface area contributed by atoms with Crippen molar-refractivity contribution in [3.05, 3.63) is 42.9 Å². The van der Waals surface area contributed by atoms with E-state index in [2.05, 4.69) is 32.3 Å². The van der Waals surface area contributed by atoms with E-state index in [4.69, 9.17) is 9.97 Å². The summed E-state index contributed by atoms with van der Waals surface area (Å²) in [5, 5.41) is 4.64. The lowest BCUT2D eigenvalue weighted by molar-refractivity contribution is 0.247. The van der Waals surface area contributed by atoms with Crippen LogP contribution in [0.3, 0.4) is 0 Å². The number of nitrogens with zero attached hydrogens (tertiary/aromatic N) is 5. The number of nitrogens with one attached hydrogen (secondary N) is 1. The lowest BCUT2D eigenvalue weighted by Crippen LogP contribution is -2.41.